The maximum Gasteiger partial charge on any atom is 0.0702 e. The summed E-state index contributed by atoms with van der Waals surface area (Å²) in [6.07, 6.45) is 3.96. The van der Waals surface area contributed by atoms with Crippen molar-refractivity contribution in [1.29, 1.82) is 0 Å². The van der Waals surface area contributed by atoms with Crippen molar-refractivity contribution < 1.29 is 4.74 Å². The zero-order valence-corrected chi connectivity index (χ0v) is 12.0. The molecule has 1 aliphatic heterocycles. The summed E-state index contributed by atoms with van der Waals surface area (Å²) in [6.45, 7) is 7.05. The van der Waals surface area contributed by atoms with E-state index in [0.29, 0.717) is 12.6 Å². The normalized spacial score (nSPS) is 19.2. The van der Waals surface area contributed by atoms with E-state index in [-0.39, 0.29) is 0 Å². The number of hydrogen-bond acceptors (Lipinski definition) is 3. The summed E-state index contributed by atoms with van der Waals surface area (Å²) >= 11 is 0. The molecule has 1 aromatic rings. The Morgan fingerprint density at radius 1 is 1.32 bits per heavy atom. The fraction of sp³-hybridized carbons (Fsp3) is 0.625. The summed E-state index contributed by atoms with van der Waals surface area (Å²) in [5.74, 6) is 0. The Bertz CT molecular complexity index is 375. The second-order valence-electron chi connectivity index (χ2n) is 5.25. The Kier molecular flexibility index (Phi) is 5.83. The highest BCUT2D eigenvalue weighted by Crippen LogP contribution is 2.14. The van der Waals surface area contributed by atoms with Gasteiger partial charge in [0.15, 0.2) is 0 Å². The maximum atomic E-state index is 5.79. The van der Waals surface area contributed by atoms with Crippen LogP contribution in [0.1, 0.15) is 30.9 Å². The predicted octanol–water partition coefficient (Wildman–Crippen LogP) is 2.19. The van der Waals surface area contributed by atoms with Crippen LogP contribution in [0.25, 0.3) is 0 Å². The lowest BCUT2D eigenvalue weighted by Crippen LogP contribution is -2.33. The van der Waals surface area contributed by atoms with Crippen LogP contribution >= 0.6 is 0 Å². The van der Waals surface area contributed by atoms with Gasteiger partial charge >= 0.3 is 0 Å². The standard InChI is InChI=1S/C16H26N2O/c1-2-18(13-16-8-5-11-19-16)10-9-14-6-3-4-7-15(14)12-17/h3-4,6-7,16H,2,5,8-13,17H2,1H3. The van der Waals surface area contributed by atoms with Crippen molar-refractivity contribution in [2.75, 3.05) is 26.2 Å². The topological polar surface area (TPSA) is 38.5 Å². The van der Waals surface area contributed by atoms with Gasteiger partial charge in [-0.3, -0.25) is 0 Å². The van der Waals surface area contributed by atoms with E-state index < -0.39 is 0 Å². The molecule has 0 aliphatic carbocycles. The largest absolute Gasteiger partial charge is 0.377 e. The molecule has 1 aliphatic rings. The van der Waals surface area contributed by atoms with Crippen LogP contribution in [-0.2, 0) is 17.7 Å². The number of rotatable bonds is 7. The third-order valence-electron chi connectivity index (χ3n) is 3.97. The molecule has 0 bridgehead atoms. The molecule has 0 spiro atoms. The molecule has 0 radical (unpaired) electrons. The minimum absolute atomic E-state index is 0.449. The molecule has 2 rings (SSSR count). The van der Waals surface area contributed by atoms with E-state index in [1.807, 2.05) is 0 Å². The summed E-state index contributed by atoms with van der Waals surface area (Å²) in [4.78, 5) is 2.49. The van der Waals surface area contributed by atoms with Crippen LogP contribution < -0.4 is 5.73 Å². The Hall–Kier alpha value is -0.900. The van der Waals surface area contributed by atoms with Crippen LogP contribution in [0.4, 0.5) is 0 Å². The van der Waals surface area contributed by atoms with E-state index in [0.717, 1.165) is 32.7 Å². The summed E-state index contributed by atoms with van der Waals surface area (Å²) in [5, 5.41) is 0. The van der Waals surface area contributed by atoms with E-state index in [1.54, 1.807) is 0 Å². The minimum Gasteiger partial charge on any atom is -0.377 e. The summed E-state index contributed by atoms with van der Waals surface area (Å²) in [6, 6.07) is 8.49. The van der Waals surface area contributed by atoms with Gasteiger partial charge in [0.05, 0.1) is 6.10 Å². The molecule has 3 nitrogen and oxygen atoms in total. The Balaban J connectivity index is 1.84. The van der Waals surface area contributed by atoms with Crippen LogP contribution in [0.3, 0.4) is 0 Å². The van der Waals surface area contributed by atoms with E-state index >= 15 is 0 Å². The number of nitrogens with two attached hydrogens (primary N) is 1. The molecule has 1 atom stereocenters. The van der Waals surface area contributed by atoms with Gasteiger partial charge in [0.25, 0.3) is 0 Å². The Labute approximate surface area is 116 Å². The third kappa shape index (κ3) is 4.30. The molecule has 1 heterocycles. The molecule has 0 saturated carbocycles. The predicted molar refractivity (Wildman–Crippen MR) is 79.1 cm³/mol. The molecular weight excluding hydrogens is 236 g/mol. The third-order valence-corrected chi connectivity index (χ3v) is 3.97. The van der Waals surface area contributed by atoms with Crippen molar-refractivity contribution in [3.63, 3.8) is 0 Å². The van der Waals surface area contributed by atoms with Gasteiger partial charge in [-0.1, -0.05) is 31.2 Å². The SMILES string of the molecule is CCN(CCc1ccccc1CN)CC1CCCO1. The van der Waals surface area contributed by atoms with Crippen molar-refractivity contribution in [2.45, 2.75) is 38.8 Å². The number of benzene rings is 1. The van der Waals surface area contributed by atoms with E-state index in [2.05, 4.69) is 36.1 Å². The minimum atomic E-state index is 0.449. The van der Waals surface area contributed by atoms with Gasteiger partial charge < -0.3 is 15.4 Å². The highest BCUT2D eigenvalue weighted by Gasteiger charge is 2.18. The van der Waals surface area contributed by atoms with Gasteiger partial charge in [-0.25, -0.2) is 0 Å². The molecule has 1 fully saturated rings. The van der Waals surface area contributed by atoms with Gasteiger partial charge in [-0.05, 0) is 36.9 Å². The first kappa shape index (κ1) is 14.5. The highest BCUT2D eigenvalue weighted by molar-refractivity contribution is 5.27. The fourth-order valence-corrected chi connectivity index (χ4v) is 2.73. The van der Waals surface area contributed by atoms with Gasteiger partial charge in [-0.2, -0.15) is 0 Å². The van der Waals surface area contributed by atoms with Crippen molar-refractivity contribution in [2.24, 2.45) is 5.73 Å². The second-order valence-corrected chi connectivity index (χ2v) is 5.25. The number of nitrogens with zero attached hydrogens (tertiary/aromatic N) is 1. The van der Waals surface area contributed by atoms with Crippen molar-refractivity contribution in [1.82, 2.24) is 4.90 Å². The first-order valence-electron chi connectivity index (χ1n) is 7.44. The molecule has 2 N–H and O–H groups in total. The summed E-state index contributed by atoms with van der Waals surface area (Å²) in [5.41, 5.74) is 8.45. The van der Waals surface area contributed by atoms with E-state index in [1.165, 1.54) is 24.0 Å². The summed E-state index contributed by atoms with van der Waals surface area (Å²) in [7, 11) is 0. The summed E-state index contributed by atoms with van der Waals surface area (Å²) < 4.78 is 5.72. The molecule has 0 amide bonds. The quantitative estimate of drug-likeness (QED) is 0.818. The highest BCUT2D eigenvalue weighted by atomic mass is 16.5. The van der Waals surface area contributed by atoms with Crippen LogP contribution in [-0.4, -0.2) is 37.2 Å². The Morgan fingerprint density at radius 2 is 2.11 bits per heavy atom. The lowest BCUT2D eigenvalue weighted by molar-refractivity contribution is 0.0752. The molecule has 0 aromatic heterocycles. The van der Waals surface area contributed by atoms with Crippen molar-refractivity contribution in [3.05, 3.63) is 35.4 Å². The monoisotopic (exact) mass is 262 g/mol. The zero-order chi connectivity index (χ0) is 13.5. The average Bonchev–Trinajstić information content (AvgIpc) is 2.96. The van der Waals surface area contributed by atoms with Gasteiger partial charge in [-0.15, -0.1) is 0 Å². The molecule has 1 saturated heterocycles. The van der Waals surface area contributed by atoms with E-state index in [9.17, 15) is 0 Å². The molecular formula is C16H26N2O. The fourth-order valence-electron chi connectivity index (χ4n) is 2.73. The smallest absolute Gasteiger partial charge is 0.0702 e. The Morgan fingerprint density at radius 3 is 2.74 bits per heavy atom. The number of likely N-dealkylation sites (N-methyl/N-ethyl adjacent to an activating group) is 1. The van der Waals surface area contributed by atoms with Crippen LogP contribution in [0, 0.1) is 0 Å². The lowest BCUT2D eigenvalue weighted by atomic mass is 10.0. The molecule has 106 valence electrons. The van der Waals surface area contributed by atoms with Crippen LogP contribution in [0.2, 0.25) is 0 Å². The van der Waals surface area contributed by atoms with Crippen molar-refractivity contribution >= 4 is 0 Å². The maximum absolute atomic E-state index is 5.79. The van der Waals surface area contributed by atoms with E-state index in [4.69, 9.17) is 10.5 Å². The first-order valence-corrected chi connectivity index (χ1v) is 7.44. The van der Waals surface area contributed by atoms with Gasteiger partial charge in [0.1, 0.15) is 0 Å². The van der Waals surface area contributed by atoms with Crippen LogP contribution in [0.5, 0.6) is 0 Å². The molecule has 1 aromatic carbocycles. The van der Waals surface area contributed by atoms with Crippen LogP contribution in [0.15, 0.2) is 24.3 Å². The van der Waals surface area contributed by atoms with Gasteiger partial charge in [0, 0.05) is 26.2 Å². The molecule has 1 unspecified atom stereocenters. The molecule has 19 heavy (non-hydrogen) atoms. The lowest BCUT2D eigenvalue weighted by Gasteiger charge is -2.24. The number of ether oxygens (including phenoxy) is 1. The average molecular weight is 262 g/mol. The molecule has 3 heteroatoms. The van der Waals surface area contributed by atoms with Crippen molar-refractivity contribution in [3.8, 4) is 0 Å². The van der Waals surface area contributed by atoms with Gasteiger partial charge in [0.2, 0.25) is 0 Å². The zero-order valence-electron chi connectivity index (χ0n) is 12.0. The first-order chi connectivity index (χ1) is 9.33. The number of hydrogen-bond donors (Lipinski definition) is 1. The second kappa shape index (κ2) is 7.63.